The van der Waals surface area contributed by atoms with Gasteiger partial charge < -0.3 is 18.9 Å². The number of benzene rings is 19. The summed E-state index contributed by atoms with van der Waals surface area (Å²) in [4.78, 5) is 4.22. The first-order valence-corrected chi connectivity index (χ1v) is 38.7. The van der Waals surface area contributed by atoms with Gasteiger partial charge in [-0.05, 0) is 175 Å². The van der Waals surface area contributed by atoms with Gasteiger partial charge in [-0.1, -0.05) is 360 Å². The molecule has 0 atom stereocenters. The fourth-order valence-corrected chi connectivity index (χ4v) is 18.1. The normalized spacial score (nSPS) is 14.8. The summed E-state index contributed by atoms with van der Waals surface area (Å²) in [6.45, 7) is 5.07. The van der Waals surface area contributed by atoms with Gasteiger partial charge in [-0.15, -0.1) is 0 Å². The quantitative estimate of drug-likeness (QED) is 0.100. The maximum Gasteiger partial charge on any atom is 0.252 e. The van der Waals surface area contributed by atoms with Gasteiger partial charge in [0.15, 0.2) is 0 Å². The minimum absolute atomic E-state index is 0.00102. The van der Waals surface area contributed by atoms with Gasteiger partial charge in [0.05, 0.1) is 58.1 Å². The summed E-state index contributed by atoms with van der Waals surface area (Å²) >= 11 is 0. The van der Waals surface area contributed by atoms with E-state index < -0.39 is 90.7 Å². The lowest BCUT2D eigenvalue weighted by atomic mass is 9.33. The van der Waals surface area contributed by atoms with E-state index in [9.17, 15) is 24.7 Å². The highest BCUT2D eigenvalue weighted by Crippen LogP contribution is 2.56. The molecule has 23 rings (SSSR count). The molecular weight excluding hydrogens is 1390 g/mol. The van der Waals surface area contributed by atoms with Crippen molar-refractivity contribution < 1.29 is 24.7 Å². The zero-order chi connectivity index (χ0) is 91.8. The largest absolute Gasteiger partial charge is 0.310 e. The van der Waals surface area contributed by atoms with Crippen molar-refractivity contribution in [3.8, 4) is 78.1 Å². The molecule has 19 aromatic carbocycles. The molecule has 0 radical (unpaired) electrons. The van der Waals surface area contributed by atoms with Crippen molar-refractivity contribution in [1.29, 1.82) is 0 Å². The van der Waals surface area contributed by atoms with Crippen LogP contribution in [0.1, 0.15) is 51.0 Å². The summed E-state index contributed by atoms with van der Waals surface area (Å²) in [5, 5.41) is 6.77. The predicted octanol–water partition coefficient (Wildman–Crippen LogP) is 27.9. The lowest BCUT2D eigenvalue weighted by Crippen LogP contribution is -2.61. The van der Waals surface area contributed by atoms with E-state index in [2.05, 4.69) is 134 Å². The van der Waals surface area contributed by atoms with Crippen molar-refractivity contribution in [3.63, 3.8) is 0 Å². The Bertz CT molecular complexity index is 8540. The third-order valence-corrected chi connectivity index (χ3v) is 23.3. The molecule has 538 valence electrons. The molecule has 5 heteroatoms. The van der Waals surface area contributed by atoms with Crippen LogP contribution in [0.4, 0.5) is 34.1 Å². The molecule has 0 saturated carbocycles. The minimum Gasteiger partial charge on any atom is -0.310 e. The number of anilines is 6. The Morgan fingerprint density at radius 3 is 1.09 bits per heavy atom. The zero-order valence-corrected chi connectivity index (χ0v) is 62.6. The number of fused-ring (bicyclic) bond motifs is 16. The smallest absolute Gasteiger partial charge is 0.252 e. The molecule has 0 spiro atoms. The van der Waals surface area contributed by atoms with Crippen molar-refractivity contribution in [2.24, 2.45) is 0 Å². The molecule has 0 amide bonds. The molecule has 4 nitrogen and oxygen atoms in total. The first-order valence-electron chi connectivity index (χ1n) is 47.7. The van der Waals surface area contributed by atoms with E-state index in [1.165, 1.54) is 9.13 Å². The Morgan fingerprint density at radius 2 is 0.635 bits per heavy atom. The van der Waals surface area contributed by atoms with Crippen molar-refractivity contribution in [2.45, 2.75) is 26.2 Å². The van der Waals surface area contributed by atoms with Gasteiger partial charge in [-0.2, -0.15) is 0 Å². The second-order valence-electron chi connectivity index (χ2n) is 30.7. The van der Waals surface area contributed by atoms with E-state index in [4.69, 9.17) is 0 Å². The van der Waals surface area contributed by atoms with Crippen LogP contribution in [-0.2, 0) is 5.41 Å². The minimum atomic E-state index is -1.26. The average molecular weight is 1480 g/mol. The van der Waals surface area contributed by atoms with Crippen molar-refractivity contribution in [1.82, 2.24) is 9.13 Å². The molecule has 115 heavy (non-hydrogen) atoms. The van der Waals surface area contributed by atoms with Gasteiger partial charge >= 0.3 is 0 Å². The molecule has 0 fully saturated rings. The number of aromatic nitrogens is 2. The number of hydrogen-bond acceptors (Lipinski definition) is 2. The topological polar surface area (TPSA) is 16.3 Å². The molecule has 2 aliphatic rings. The van der Waals surface area contributed by atoms with Gasteiger partial charge in [0, 0.05) is 77.9 Å². The summed E-state index contributed by atoms with van der Waals surface area (Å²) in [5.41, 5.74) is 8.64. The molecule has 0 saturated heterocycles. The van der Waals surface area contributed by atoms with Gasteiger partial charge in [0.25, 0.3) is 6.71 Å². The van der Waals surface area contributed by atoms with Gasteiger partial charge in [-0.25, -0.2) is 0 Å². The molecule has 4 heterocycles. The van der Waals surface area contributed by atoms with E-state index in [0.717, 1.165) is 70.9 Å². The summed E-state index contributed by atoms with van der Waals surface area (Å²) in [6, 6.07) is 85.6. The van der Waals surface area contributed by atoms with Crippen LogP contribution in [0.2, 0.25) is 0 Å². The van der Waals surface area contributed by atoms with Crippen LogP contribution in [-0.4, -0.2) is 15.8 Å². The summed E-state index contributed by atoms with van der Waals surface area (Å²) < 4.78 is 189. The fraction of sp³-hybridized carbons (Fsp3) is 0.0364. The van der Waals surface area contributed by atoms with Crippen LogP contribution >= 0.6 is 0 Å². The first-order chi connectivity index (χ1) is 64.2. The van der Waals surface area contributed by atoms with E-state index >= 15 is 0 Å². The molecule has 0 unspecified atom stereocenters. The Balaban J connectivity index is 0.961. The van der Waals surface area contributed by atoms with E-state index in [0.29, 0.717) is 61.6 Å². The van der Waals surface area contributed by atoms with E-state index in [1.807, 2.05) is 115 Å². The highest BCUT2D eigenvalue weighted by Gasteiger charge is 2.46. The monoisotopic (exact) mass is 1480 g/mol. The summed E-state index contributed by atoms with van der Waals surface area (Å²) in [5.74, 6) is 0. The molecular formula is C110H75BN4. The Hall–Kier alpha value is -14.5. The van der Waals surface area contributed by atoms with Crippen LogP contribution < -0.4 is 26.2 Å². The van der Waals surface area contributed by atoms with Crippen LogP contribution in [0.25, 0.3) is 165 Å². The van der Waals surface area contributed by atoms with Crippen LogP contribution in [0, 0.1) is 0 Å². The molecule has 21 aromatic rings. The molecule has 2 aliphatic heterocycles. The third kappa shape index (κ3) is 10.4. The van der Waals surface area contributed by atoms with Crippen LogP contribution in [0.3, 0.4) is 0 Å². The number of rotatable bonds is 10. The van der Waals surface area contributed by atoms with Gasteiger partial charge in [0.1, 0.15) is 0 Å². The highest BCUT2D eigenvalue weighted by molar-refractivity contribution is 7.00. The van der Waals surface area contributed by atoms with Gasteiger partial charge in [0.2, 0.25) is 0 Å². The van der Waals surface area contributed by atoms with Crippen molar-refractivity contribution in [2.75, 3.05) is 9.80 Å². The lowest BCUT2D eigenvalue weighted by Gasteiger charge is -2.46. The Morgan fingerprint density at radius 1 is 0.270 bits per heavy atom. The molecule has 2 aromatic heterocycles. The SMILES string of the molecule is [2H]c1cc2c(c([2H])c1-n1c3c([2H])c([2H])c([2H])c([2H])c3c3c([2H])c([2H])c(-c4ccccc4)c([2H])c31)N(c1c(-c3ccccc3)cccc1-c1ccccc1)c1cc(C(C)(C)C)cc3c1B2c1cc([2H])c(-n2c4c([2H])c([2H])c([2H])c([2H])c4c4c([2H])c([2H])c(-c5ccccc5)c([2H])c42)c([2H])c1N3c1c(-c2cccc3ccc4ccccc4c23)cccc1-c1cccc2ccc3ccccc3c12. The number of nitrogens with zero attached hydrogens (tertiary/aromatic N) is 4. The predicted molar refractivity (Wildman–Crippen MR) is 490 cm³/mol. The van der Waals surface area contributed by atoms with E-state index in [1.54, 1.807) is 72.8 Å². The molecule has 0 bridgehead atoms. The number of hydrogen-bond donors (Lipinski definition) is 0. The lowest BCUT2D eigenvalue weighted by molar-refractivity contribution is 0.590. The second-order valence-corrected chi connectivity index (χ2v) is 30.7. The molecule has 0 N–H and O–H groups in total. The maximum atomic E-state index is 12.2. The van der Waals surface area contributed by atoms with Crippen molar-refractivity contribution in [3.05, 3.63) is 406 Å². The summed E-state index contributed by atoms with van der Waals surface area (Å²) in [6.07, 6.45) is 0. The van der Waals surface area contributed by atoms with Gasteiger partial charge in [-0.3, -0.25) is 0 Å². The zero-order valence-electron chi connectivity index (χ0n) is 80.6. The highest BCUT2D eigenvalue weighted by atomic mass is 15.2. The fourth-order valence-electron chi connectivity index (χ4n) is 18.1. The second kappa shape index (κ2) is 26.0. The number of para-hydroxylation sites is 4. The third-order valence-electron chi connectivity index (χ3n) is 23.3. The van der Waals surface area contributed by atoms with Crippen LogP contribution in [0.15, 0.2) is 400 Å². The van der Waals surface area contributed by atoms with E-state index in [-0.39, 0.29) is 119 Å². The average Bonchev–Trinajstić information content (AvgIpc) is 1.58. The Kier molecular flexibility index (Phi) is 11.4. The maximum absolute atomic E-state index is 12.2. The standard InChI is InChI=1S/C110H75BN4/c1-110(2,3)80-66-103-107-104(67-80)115(109-93(91-46-24-38-76-54-52-74-36-16-18-40-83(74)105(76)91)48-27-49-94(109)92-47-25-39-77-55-53-75-37-17-19-41-84(75)106(77)92)102-69-82(113-98-51-23-21-43-88(98)90-61-57-79(65-100(90)113)71-30-10-5-11-31-71)59-63-96(102)111(107)95-62-58-81(112-97-50-22-20-42-87(97)89-60-56-78(64-99(89)112)70-28-8-4-9-29-70)68-101(95)114(103)108-85(72-32-12-6-13-33-72)44-26-45-86(108)73-34-14-7-15-35-73/h4-69H,1-3H3/i20D,21D,22D,23D,42D,43D,50D,51D,56D,57D,58D,59D,60D,61D,64D,65D,68D,69D. The first kappa shape index (κ1) is 50.4. The van der Waals surface area contributed by atoms with Crippen LogP contribution in [0.5, 0.6) is 0 Å². The Labute approximate surface area is 693 Å². The van der Waals surface area contributed by atoms with Crippen molar-refractivity contribution >= 4 is 144 Å². The summed E-state index contributed by atoms with van der Waals surface area (Å²) in [7, 11) is 0. The molecule has 0 aliphatic carbocycles.